The molecule has 52 heavy (non-hydrogen) atoms. The van der Waals surface area contributed by atoms with E-state index in [1.54, 1.807) is 12.1 Å². The first-order valence-electron chi connectivity index (χ1n) is 17.0. The van der Waals surface area contributed by atoms with Gasteiger partial charge in [0.05, 0.1) is 16.6 Å². The highest BCUT2D eigenvalue weighted by Crippen LogP contribution is 2.43. The van der Waals surface area contributed by atoms with Gasteiger partial charge in [-0.25, -0.2) is 22.0 Å². The standard InChI is InChI=1S/C44H20BF5N2/c46-38-36(39(47)41(49)42(50)40(38)48)25-19-34-37-35(20-25)52-33-18-24-10-4-2-8-22(24)16-29(33)27-12-6-14-31(44(27)52)45(37)30-13-5-11-26-28-15-21-7-1-3-9-23(21)17-32(28)51(34)43(26)30/h1-20H. The monoisotopic (exact) mass is 682 g/mol. The molecule has 4 heterocycles. The smallest absolute Gasteiger partial charge is 0.252 e. The van der Waals surface area contributed by atoms with E-state index in [0.717, 1.165) is 81.5 Å². The van der Waals surface area contributed by atoms with Crippen LogP contribution in [0.1, 0.15) is 0 Å². The lowest BCUT2D eigenvalue weighted by molar-refractivity contribution is 0.381. The molecule has 0 radical (unpaired) electrons. The van der Waals surface area contributed by atoms with Crippen molar-refractivity contribution in [1.82, 2.24) is 9.13 Å². The molecule has 0 N–H and O–H groups in total. The normalized spacial score (nSPS) is 13.1. The predicted octanol–water partition coefficient (Wildman–Crippen LogP) is 9.69. The zero-order chi connectivity index (χ0) is 34.7. The summed E-state index contributed by atoms with van der Waals surface area (Å²) >= 11 is 0. The van der Waals surface area contributed by atoms with Crippen LogP contribution in [0.2, 0.25) is 0 Å². The number of hydrogen-bond acceptors (Lipinski definition) is 0. The summed E-state index contributed by atoms with van der Waals surface area (Å²) in [6.07, 6.45) is 0. The zero-order valence-corrected chi connectivity index (χ0v) is 26.9. The summed E-state index contributed by atoms with van der Waals surface area (Å²) in [5, 5.41) is 8.17. The summed E-state index contributed by atoms with van der Waals surface area (Å²) in [4.78, 5) is 0. The van der Waals surface area contributed by atoms with E-state index in [1.807, 2.05) is 36.4 Å². The van der Waals surface area contributed by atoms with Crippen LogP contribution in [-0.2, 0) is 0 Å². The third-order valence-corrected chi connectivity index (χ3v) is 11.4. The molecule has 2 aromatic heterocycles. The third-order valence-electron chi connectivity index (χ3n) is 11.4. The molecule has 0 spiro atoms. The van der Waals surface area contributed by atoms with Crippen LogP contribution in [0.4, 0.5) is 22.0 Å². The molecule has 0 amide bonds. The lowest BCUT2D eigenvalue weighted by Gasteiger charge is -2.34. The van der Waals surface area contributed by atoms with Crippen LogP contribution in [-0.4, -0.2) is 15.8 Å². The second kappa shape index (κ2) is 9.47. The average molecular weight is 682 g/mol. The van der Waals surface area contributed by atoms with Crippen LogP contribution in [0.5, 0.6) is 0 Å². The molecule has 8 heteroatoms. The topological polar surface area (TPSA) is 9.86 Å². The molecule has 0 atom stereocenters. The second-order valence-corrected chi connectivity index (χ2v) is 13.9. The van der Waals surface area contributed by atoms with Crippen molar-refractivity contribution in [2.45, 2.75) is 0 Å². The first-order chi connectivity index (χ1) is 25.4. The molecule has 2 aliphatic rings. The van der Waals surface area contributed by atoms with Crippen molar-refractivity contribution in [2.24, 2.45) is 0 Å². The van der Waals surface area contributed by atoms with Gasteiger partial charge in [0.2, 0.25) is 5.82 Å². The third kappa shape index (κ3) is 3.27. The van der Waals surface area contributed by atoms with Gasteiger partial charge >= 0.3 is 0 Å². The number of halogens is 5. The van der Waals surface area contributed by atoms with Crippen molar-refractivity contribution >= 4 is 88.3 Å². The first-order valence-corrected chi connectivity index (χ1v) is 17.0. The molecule has 0 saturated carbocycles. The fraction of sp³-hybridized carbons (Fsp3) is 0. The maximum absolute atomic E-state index is 15.8. The molecule has 8 aromatic carbocycles. The van der Waals surface area contributed by atoms with Crippen LogP contribution in [0.3, 0.4) is 0 Å². The van der Waals surface area contributed by atoms with Gasteiger partial charge in [-0.05, 0) is 79.9 Å². The SMILES string of the molecule is Fc1c(F)c(F)c(-c2cc3c4c(c2)-n2c5cc6ccccc6cc5c5cccc(c52)B4c2cccc4c5cc6ccccc6cc5n-3c24)c(F)c1F. The van der Waals surface area contributed by atoms with E-state index in [4.69, 9.17) is 0 Å². The van der Waals surface area contributed by atoms with E-state index in [2.05, 4.69) is 81.9 Å². The molecular formula is C44H20BF5N2. The minimum Gasteiger partial charge on any atom is -0.310 e. The van der Waals surface area contributed by atoms with E-state index < -0.39 is 34.6 Å². The Hall–Kier alpha value is -6.41. The Morgan fingerprint density at radius 3 is 1.29 bits per heavy atom. The molecule has 0 aliphatic carbocycles. The van der Waals surface area contributed by atoms with Gasteiger partial charge in [-0.2, -0.15) is 0 Å². The number of rotatable bonds is 1. The van der Waals surface area contributed by atoms with Crippen LogP contribution in [0.15, 0.2) is 121 Å². The molecule has 2 nitrogen and oxygen atoms in total. The minimum absolute atomic E-state index is 0.106. The number of nitrogens with zero attached hydrogens (tertiary/aromatic N) is 2. The number of para-hydroxylation sites is 2. The van der Waals surface area contributed by atoms with Crippen molar-refractivity contribution in [3.8, 4) is 22.5 Å². The van der Waals surface area contributed by atoms with Crippen molar-refractivity contribution in [2.75, 3.05) is 0 Å². The number of aromatic nitrogens is 2. The number of benzene rings is 8. The van der Waals surface area contributed by atoms with Gasteiger partial charge in [0.15, 0.2) is 23.3 Å². The summed E-state index contributed by atoms with van der Waals surface area (Å²) in [5.41, 5.74) is 6.87. The lowest BCUT2D eigenvalue weighted by Crippen LogP contribution is -2.59. The quantitative estimate of drug-likeness (QED) is 0.0707. The van der Waals surface area contributed by atoms with Gasteiger partial charge in [-0.1, -0.05) is 84.9 Å². The highest BCUT2D eigenvalue weighted by atomic mass is 19.2. The Morgan fingerprint density at radius 1 is 0.404 bits per heavy atom. The summed E-state index contributed by atoms with van der Waals surface area (Å²) < 4.78 is 80.0. The summed E-state index contributed by atoms with van der Waals surface area (Å²) in [6.45, 7) is -0.278. The van der Waals surface area contributed by atoms with Crippen LogP contribution < -0.4 is 16.4 Å². The second-order valence-electron chi connectivity index (χ2n) is 13.9. The van der Waals surface area contributed by atoms with Crippen molar-refractivity contribution < 1.29 is 22.0 Å². The van der Waals surface area contributed by atoms with Crippen molar-refractivity contribution in [3.05, 3.63) is 150 Å². The largest absolute Gasteiger partial charge is 0.310 e. The van der Waals surface area contributed by atoms with Gasteiger partial charge in [-0.3, -0.25) is 0 Å². The molecule has 12 rings (SSSR count). The Balaban J connectivity index is 1.33. The van der Waals surface area contributed by atoms with E-state index >= 15 is 8.78 Å². The van der Waals surface area contributed by atoms with Crippen molar-refractivity contribution in [1.29, 1.82) is 0 Å². The number of hydrogen-bond donors (Lipinski definition) is 0. The lowest BCUT2D eigenvalue weighted by atomic mass is 9.34. The predicted molar refractivity (Wildman–Crippen MR) is 200 cm³/mol. The highest BCUT2D eigenvalue weighted by Gasteiger charge is 2.41. The molecule has 10 aromatic rings. The van der Waals surface area contributed by atoms with Crippen LogP contribution in [0, 0.1) is 29.1 Å². The van der Waals surface area contributed by atoms with Gasteiger partial charge in [0.25, 0.3) is 6.71 Å². The molecule has 0 unspecified atom stereocenters. The van der Waals surface area contributed by atoms with Gasteiger partial charge in [-0.15, -0.1) is 0 Å². The summed E-state index contributed by atoms with van der Waals surface area (Å²) in [5.74, 6) is -9.87. The maximum Gasteiger partial charge on any atom is 0.252 e. The van der Waals surface area contributed by atoms with Crippen LogP contribution >= 0.6 is 0 Å². The van der Waals surface area contributed by atoms with E-state index in [1.165, 1.54) is 0 Å². The summed E-state index contributed by atoms with van der Waals surface area (Å²) in [7, 11) is 0. The van der Waals surface area contributed by atoms with E-state index in [9.17, 15) is 13.2 Å². The van der Waals surface area contributed by atoms with Gasteiger partial charge < -0.3 is 9.13 Å². The zero-order valence-electron chi connectivity index (χ0n) is 26.9. The Bertz CT molecular complexity index is 3110. The maximum atomic E-state index is 15.8. The first kappa shape index (κ1) is 28.3. The molecule has 0 bridgehead atoms. The Morgan fingerprint density at radius 2 is 0.827 bits per heavy atom. The molecule has 0 saturated heterocycles. The van der Waals surface area contributed by atoms with E-state index in [0.29, 0.717) is 11.4 Å². The molecular weight excluding hydrogens is 662 g/mol. The Kier molecular flexibility index (Phi) is 5.16. The van der Waals surface area contributed by atoms with E-state index in [-0.39, 0.29) is 12.3 Å². The fourth-order valence-electron chi connectivity index (χ4n) is 9.29. The summed E-state index contributed by atoms with van der Waals surface area (Å²) in [6, 6.07) is 40.5. The fourth-order valence-corrected chi connectivity index (χ4v) is 9.29. The molecule has 2 aliphatic heterocycles. The molecule has 244 valence electrons. The highest BCUT2D eigenvalue weighted by molar-refractivity contribution is 7.00. The minimum atomic E-state index is -2.18. The average Bonchev–Trinajstić information content (AvgIpc) is 3.67. The number of fused-ring (bicyclic) bond motifs is 12. The van der Waals surface area contributed by atoms with Crippen molar-refractivity contribution in [3.63, 3.8) is 0 Å². The Labute approximate surface area is 291 Å². The van der Waals surface area contributed by atoms with Gasteiger partial charge in [0.1, 0.15) is 0 Å². The van der Waals surface area contributed by atoms with Crippen LogP contribution in [0.25, 0.3) is 87.7 Å². The molecule has 0 fully saturated rings. The van der Waals surface area contributed by atoms with Gasteiger partial charge in [0, 0.05) is 44.0 Å².